The first-order chi connectivity index (χ1) is 9.29. The Balaban J connectivity index is 4.79. The second-order valence-corrected chi connectivity index (χ2v) is 5.55. The smallest absolute Gasteiger partial charge is 0.320 e. The summed E-state index contributed by atoms with van der Waals surface area (Å²) in [5.74, 6) is -0.542. The standard InChI is InChI=1S/C14H28N2O4/c1-11(2)10-15(8-9-20-5)14(19)16(12(3)4)7-6-13(17)18/h11-12H,6-10H2,1-5H3,(H,17,18). The number of nitrogens with zero attached hydrogens (tertiary/aromatic N) is 2. The number of urea groups is 1. The Hall–Kier alpha value is -1.30. The van der Waals surface area contributed by atoms with E-state index in [1.165, 1.54) is 0 Å². The highest BCUT2D eigenvalue weighted by Gasteiger charge is 2.24. The van der Waals surface area contributed by atoms with Gasteiger partial charge in [-0.05, 0) is 19.8 Å². The topological polar surface area (TPSA) is 70.1 Å². The van der Waals surface area contributed by atoms with Gasteiger partial charge in [-0.2, -0.15) is 0 Å². The summed E-state index contributed by atoms with van der Waals surface area (Å²) in [5.41, 5.74) is 0. The lowest BCUT2D eigenvalue weighted by molar-refractivity contribution is -0.137. The van der Waals surface area contributed by atoms with Crippen LogP contribution in [0.15, 0.2) is 0 Å². The largest absolute Gasteiger partial charge is 0.481 e. The number of carbonyl (C=O) groups is 2. The third-order valence-electron chi connectivity index (χ3n) is 2.86. The molecule has 1 N–H and O–H groups in total. The van der Waals surface area contributed by atoms with Gasteiger partial charge in [0.25, 0.3) is 0 Å². The molecule has 0 bridgehead atoms. The Bertz CT molecular complexity index is 306. The minimum Gasteiger partial charge on any atom is -0.481 e. The summed E-state index contributed by atoms with van der Waals surface area (Å²) in [4.78, 5) is 26.6. The number of methoxy groups -OCH3 is 1. The van der Waals surface area contributed by atoms with Crippen molar-refractivity contribution in [1.82, 2.24) is 9.80 Å². The van der Waals surface area contributed by atoms with Crippen LogP contribution in [0.1, 0.15) is 34.1 Å². The zero-order chi connectivity index (χ0) is 15.7. The summed E-state index contributed by atoms with van der Waals surface area (Å²) in [7, 11) is 1.60. The molecule has 0 atom stereocenters. The van der Waals surface area contributed by atoms with Crippen LogP contribution in [0.4, 0.5) is 4.79 Å². The number of aliphatic carboxylic acids is 1. The van der Waals surface area contributed by atoms with Crippen LogP contribution >= 0.6 is 0 Å². The number of hydrogen-bond acceptors (Lipinski definition) is 3. The van der Waals surface area contributed by atoms with E-state index in [9.17, 15) is 9.59 Å². The van der Waals surface area contributed by atoms with Crippen LogP contribution in [-0.2, 0) is 9.53 Å². The lowest BCUT2D eigenvalue weighted by Gasteiger charge is -2.33. The number of amides is 2. The lowest BCUT2D eigenvalue weighted by Crippen LogP contribution is -2.49. The number of carboxylic acids is 1. The van der Waals surface area contributed by atoms with Crippen LogP contribution < -0.4 is 0 Å². The van der Waals surface area contributed by atoms with Crippen LogP contribution in [0.5, 0.6) is 0 Å². The Morgan fingerprint density at radius 1 is 1.15 bits per heavy atom. The highest BCUT2D eigenvalue weighted by atomic mass is 16.5. The number of rotatable bonds is 9. The average Bonchev–Trinajstić information content (AvgIpc) is 2.33. The maximum absolute atomic E-state index is 12.5. The number of ether oxygens (including phenoxy) is 1. The van der Waals surface area contributed by atoms with E-state index < -0.39 is 5.97 Å². The van der Waals surface area contributed by atoms with Crippen molar-refractivity contribution >= 4 is 12.0 Å². The van der Waals surface area contributed by atoms with Gasteiger partial charge in [0.15, 0.2) is 0 Å². The van der Waals surface area contributed by atoms with Crippen LogP contribution in [0, 0.1) is 5.92 Å². The normalized spacial score (nSPS) is 10.9. The van der Waals surface area contributed by atoms with Crippen molar-refractivity contribution in [3.8, 4) is 0 Å². The summed E-state index contributed by atoms with van der Waals surface area (Å²) >= 11 is 0. The van der Waals surface area contributed by atoms with Gasteiger partial charge in [-0.15, -0.1) is 0 Å². The molecule has 0 fully saturated rings. The number of carbonyl (C=O) groups excluding carboxylic acids is 1. The van der Waals surface area contributed by atoms with E-state index in [0.29, 0.717) is 25.6 Å². The zero-order valence-corrected chi connectivity index (χ0v) is 13.3. The summed E-state index contributed by atoms with van der Waals surface area (Å²) in [6.45, 7) is 9.74. The van der Waals surface area contributed by atoms with Crippen molar-refractivity contribution in [3.63, 3.8) is 0 Å². The van der Waals surface area contributed by atoms with Gasteiger partial charge in [0, 0.05) is 32.8 Å². The van der Waals surface area contributed by atoms with E-state index in [4.69, 9.17) is 9.84 Å². The quantitative estimate of drug-likeness (QED) is 0.703. The first-order valence-electron chi connectivity index (χ1n) is 7.05. The molecule has 0 aromatic heterocycles. The van der Waals surface area contributed by atoms with Crippen molar-refractivity contribution in [2.45, 2.75) is 40.2 Å². The second-order valence-electron chi connectivity index (χ2n) is 5.55. The van der Waals surface area contributed by atoms with Crippen LogP contribution in [0.2, 0.25) is 0 Å². The molecule has 6 heteroatoms. The van der Waals surface area contributed by atoms with Gasteiger partial charge in [-0.3, -0.25) is 4.79 Å². The first kappa shape index (κ1) is 18.7. The Morgan fingerprint density at radius 3 is 2.15 bits per heavy atom. The van der Waals surface area contributed by atoms with Crippen molar-refractivity contribution in [3.05, 3.63) is 0 Å². The molecular weight excluding hydrogens is 260 g/mol. The third kappa shape index (κ3) is 7.33. The van der Waals surface area contributed by atoms with E-state index in [0.717, 1.165) is 0 Å². The van der Waals surface area contributed by atoms with Gasteiger partial charge < -0.3 is 19.6 Å². The van der Waals surface area contributed by atoms with E-state index in [1.54, 1.807) is 16.9 Å². The molecule has 20 heavy (non-hydrogen) atoms. The molecule has 118 valence electrons. The molecule has 0 aromatic carbocycles. The Kier molecular flexibility index (Phi) is 8.96. The molecule has 2 amide bonds. The van der Waals surface area contributed by atoms with Crippen LogP contribution in [-0.4, -0.2) is 66.3 Å². The predicted molar refractivity (Wildman–Crippen MR) is 77.8 cm³/mol. The molecule has 0 rings (SSSR count). The van der Waals surface area contributed by atoms with E-state index in [1.807, 2.05) is 27.7 Å². The van der Waals surface area contributed by atoms with Gasteiger partial charge in [0.1, 0.15) is 0 Å². The monoisotopic (exact) mass is 288 g/mol. The molecule has 0 spiro atoms. The molecule has 0 aliphatic rings. The third-order valence-corrected chi connectivity index (χ3v) is 2.86. The summed E-state index contributed by atoms with van der Waals surface area (Å²) in [6.07, 6.45) is -0.0380. The summed E-state index contributed by atoms with van der Waals surface area (Å²) in [5, 5.41) is 8.78. The molecule has 0 aliphatic carbocycles. The maximum atomic E-state index is 12.5. The molecule has 0 unspecified atom stereocenters. The second kappa shape index (κ2) is 9.58. The van der Waals surface area contributed by atoms with Gasteiger partial charge in [-0.1, -0.05) is 13.8 Å². The fraction of sp³-hybridized carbons (Fsp3) is 0.857. The van der Waals surface area contributed by atoms with Crippen LogP contribution in [0.3, 0.4) is 0 Å². The fourth-order valence-corrected chi connectivity index (χ4v) is 1.88. The fourth-order valence-electron chi connectivity index (χ4n) is 1.88. The summed E-state index contributed by atoms with van der Waals surface area (Å²) < 4.78 is 5.04. The van der Waals surface area contributed by atoms with Crippen molar-refractivity contribution in [2.24, 2.45) is 5.92 Å². The Labute approximate surface area is 121 Å². The van der Waals surface area contributed by atoms with E-state index >= 15 is 0 Å². The maximum Gasteiger partial charge on any atom is 0.320 e. The zero-order valence-electron chi connectivity index (χ0n) is 13.3. The lowest BCUT2D eigenvalue weighted by atomic mass is 10.2. The highest BCUT2D eigenvalue weighted by molar-refractivity contribution is 5.75. The average molecular weight is 288 g/mol. The molecule has 0 aromatic rings. The number of hydrogen-bond donors (Lipinski definition) is 1. The van der Waals surface area contributed by atoms with Gasteiger partial charge in [0.2, 0.25) is 0 Å². The Morgan fingerprint density at radius 2 is 1.75 bits per heavy atom. The van der Waals surface area contributed by atoms with Crippen molar-refractivity contribution < 1.29 is 19.4 Å². The van der Waals surface area contributed by atoms with E-state index in [-0.39, 0.29) is 25.0 Å². The first-order valence-corrected chi connectivity index (χ1v) is 7.05. The molecular formula is C14H28N2O4. The molecule has 0 aliphatic heterocycles. The molecule has 0 saturated carbocycles. The molecule has 6 nitrogen and oxygen atoms in total. The summed E-state index contributed by atoms with van der Waals surface area (Å²) in [6, 6.07) is -0.147. The molecule has 0 radical (unpaired) electrons. The minimum absolute atomic E-state index is 0.0287. The van der Waals surface area contributed by atoms with Crippen molar-refractivity contribution in [1.29, 1.82) is 0 Å². The van der Waals surface area contributed by atoms with Gasteiger partial charge in [-0.25, -0.2) is 4.79 Å². The predicted octanol–water partition coefficient (Wildman–Crippen LogP) is 1.90. The minimum atomic E-state index is -0.893. The highest BCUT2D eigenvalue weighted by Crippen LogP contribution is 2.09. The van der Waals surface area contributed by atoms with E-state index in [2.05, 4.69) is 0 Å². The van der Waals surface area contributed by atoms with Crippen LogP contribution in [0.25, 0.3) is 0 Å². The van der Waals surface area contributed by atoms with Gasteiger partial charge in [0.05, 0.1) is 13.0 Å². The molecule has 0 saturated heterocycles. The number of carboxylic acid groups (broad SMARTS) is 1. The SMILES string of the molecule is COCCN(CC(C)C)C(=O)N(CCC(=O)O)C(C)C. The van der Waals surface area contributed by atoms with Gasteiger partial charge >= 0.3 is 12.0 Å². The molecule has 0 heterocycles. The van der Waals surface area contributed by atoms with Crippen molar-refractivity contribution in [2.75, 3.05) is 33.4 Å².